The predicted octanol–water partition coefficient (Wildman–Crippen LogP) is 0.627. The number of sulfonamides is 1. The summed E-state index contributed by atoms with van der Waals surface area (Å²) in [6.45, 7) is 6.52. The highest BCUT2D eigenvalue weighted by Gasteiger charge is 2.41. The van der Waals surface area contributed by atoms with Gasteiger partial charge in [0.05, 0.1) is 5.25 Å². The van der Waals surface area contributed by atoms with Crippen LogP contribution < -0.4 is 5.32 Å². The molecule has 3 saturated heterocycles. The van der Waals surface area contributed by atoms with Crippen molar-refractivity contribution in [1.29, 1.82) is 0 Å². The van der Waals surface area contributed by atoms with Crippen molar-refractivity contribution >= 4 is 10.0 Å². The highest BCUT2D eigenvalue weighted by molar-refractivity contribution is 7.89. The second-order valence-corrected chi connectivity index (χ2v) is 8.72. The zero-order chi connectivity index (χ0) is 14.2. The predicted molar refractivity (Wildman–Crippen MR) is 80.2 cm³/mol. The zero-order valence-corrected chi connectivity index (χ0v) is 13.2. The SMILES string of the molecule is CC1CN2CCCCC2CN1S(=O)(=O)C1CCNCC1. The molecule has 3 fully saturated rings. The van der Waals surface area contributed by atoms with Gasteiger partial charge in [-0.3, -0.25) is 4.90 Å². The number of hydrogen-bond acceptors (Lipinski definition) is 4. The molecule has 5 nitrogen and oxygen atoms in total. The van der Waals surface area contributed by atoms with Gasteiger partial charge in [-0.15, -0.1) is 0 Å². The largest absolute Gasteiger partial charge is 0.317 e. The Morgan fingerprint density at radius 3 is 2.55 bits per heavy atom. The summed E-state index contributed by atoms with van der Waals surface area (Å²) in [5.74, 6) is 0. The molecule has 3 rings (SSSR count). The molecular formula is C14H27N3O2S. The number of fused-ring (bicyclic) bond motifs is 1. The third kappa shape index (κ3) is 2.75. The molecular weight excluding hydrogens is 274 g/mol. The Hall–Kier alpha value is -0.170. The summed E-state index contributed by atoms with van der Waals surface area (Å²) in [4.78, 5) is 2.50. The molecule has 116 valence electrons. The maximum atomic E-state index is 12.9. The molecule has 3 aliphatic heterocycles. The van der Waals surface area contributed by atoms with Crippen LogP contribution in [0.4, 0.5) is 0 Å². The monoisotopic (exact) mass is 301 g/mol. The Bertz CT molecular complexity index is 434. The lowest BCUT2D eigenvalue weighted by atomic mass is 9.99. The smallest absolute Gasteiger partial charge is 0.217 e. The van der Waals surface area contributed by atoms with Crippen molar-refractivity contribution in [1.82, 2.24) is 14.5 Å². The summed E-state index contributed by atoms with van der Waals surface area (Å²) in [6, 6.07) is 0.584. The second kappa shape index (κ2) is 5.91. The molecule has 0 saturated carbocycles. The van der Waals surface area contributed by atoms with E-state index in [0.717, 1.165) is 45.4 Å². The summed E-state index contributed by atoms with van der Waals surface area (Å²) < 4.78 is 27.6. The summed E-state index contributed by atoms with van der Waals surface area (Å²) in [6.07, 6.45) is 5.20. The van der Waals surface area contributed by atoms with Gasteiger partial charge >= 0.3 is 0 Å². The number of piperidine rings is 2. The van der Waals surface area contributed by atoms with E-state index in [4.69, 9.17) is 0 Å². The number of nitrogens with zero attached hydrogens (tertiary/aromatic N) is 2. The van der Waals surface area contributed by atoms with Crippen molar-refractivity contribution < 1.29 is 8.42 Å². The van der Waals surface area contributed by atoms with Crippen LogP contribution in [0.5, 0.6) is 0 Å². The first-order valence-electron chi connectivity index (χ1n) is 8.04. The highest BCUT2D eigenvalue weighted by atomic mass is 32.2. The van der Waals surface area contributed by atoms with E-state index in [-0.39, 0.29) is 11.3 Å². The minimum Gasteiger partial charge on any atom is -0.317 e. The number of piperazine rings is 1. The van der Waals surface area contributed by atoms with E-state index in [1.54, 1.807) is 0 Å². The van der Waals surface area contributed by atoms with Gasteiger partial charge in [0, 0.05) is 25.2 Å². The topological polar surface area (TPSA) is 52.7 Å². The molecule has 0 bridgehead atoms. The molecule has 20 heavy (non-hydrogen) atoms. The molecule has 0 aliphatic carbocycles. The molecule has 0 spiro atoms. The molecule has 1 N–H and O–H groups in total. The van der Waals surface area contributed by atoms with Crippen LogP contribution in [0.3, 0.4) is 0 Å². The maximum absolute atomic E-state index is 12.9. The first-order chi connectivity index (χ1) is 9.59. The third-order valence-corrected chi connectivity index (χ3v) is 7.64. The van der Waals surface area contributed by atoms with Crippen molar-refractivity contribution in [3.8, 4) is 0 Å². The maximum Gasteiger partial charge on any atom is 0.217 e. The van der Waals surface area contributed by atoms with Crippen molar-refractivity contribution in [3.63, 3.8) is 0 Å². The Kier molecular flexibility index (Phi) is 4.36. The van der Waals surface area contributed by atoms with Gasteiger partial charge in [0.15, 0.2) is 0 Å². The zero-order valence-electron chi connectivity index (χ0n) is 12.4. The summed E-state index contributed by atoms with van der Waals surface area (Å²) in [7, 11) is -3.12. The fourth-order valence-electron chi connectivity index (χ4n) is 3.96. The van der Waals surface area contributed by atoms with Crippen LogP contribution in [-0.4, -0.2) is 67.7 Å². The van der Waals surface area contributed by atoms with Gasteiger partial charge in [-0.2, -0.15) is 4.31 Å². The average molecular weight is 301 g/mol. The molecule has 3 heterocycles. The van der Waals surface area contributed by atoms with Crippen LogP contribution in [0.25, 0.3) is 0 Å². The average Bonchev–Trinajstić information content (AvgIpc) is 2.47. The Morgan fingerprint density at radius 2 is 1.80 bits per heavy atom. The molecule has 0 radical (unpaired) electrons. The van der Waals surface area contributed by atoms with Crippen LogP contribution in [0.15, 0.2) is 0 Å². The third-order valence-electron chi connectivity index (χ3n) is 5.16. The standard InChI is InChI=1S/C14H27N3O2S/c1-12-10-16-9-3-2-4-13(16)11-17(12)20(18,19)14-5-7-15-8-6-14/h12-15H,2-11H2,1H3. The Labute approximate surface area is 122 Å². The lowest BCUT2D eigenvalue weighted by molar-refractivity contribution is 0.0557. The minimum atomic E-state index is -3.12. The molecule has 2 atom stereocenters. The molecule has 0 aromatic heterocycles. The summed E-state index contributed by atoms with van der Waals surface area (Å²) in [5, 5.41) is 3.09. The molecule has 0 aromatic rings. The molecule has 3 aliphatic rings. The van der Waals surface area contributed by atoms with E-state index in [1.807, 2.05) is 4.31 Å². The highest BCUT2D eigenvalue weighted by Crippen LogP contribution is 2.28. The van der Waals surface area contributed by atoms with Crippen LogP contribution >= 0.6 is 0 Å². The lowest BCUT2D eigenvalue weighted by Crippen LogP contribution is -2.61. The van der Waals surface area contributed by atoms with Gasteiger partial charge in [-0.05, 0) is 52.2 Å². The fraction of sp³-hybridized carbons (Fsp3) is 1.00. The summed E-state index contributed by atoms with van der Waals surface area (Å²) in [5.41, 5.74) is 0. The number of rotatable bonds is 2. The van der Waals surface area contributed by atoms with Crippen molar-refractivity contribution in [3.05, 3.63) is 0 Å². The van der Waals surface area contributed by atoms with Crippen molar-refractivity contribution in [2.24, 2.45) is 0 Å². The first-order valence-corrected chi connectivity index (χ1v) is 9.55. The summed E-state index contributed by atoms with van der Waals surface area (Å²) >= 11 is 0. The van der Waals surface area contributed by atoms with Gasteiger partial charge < -0.3 is 5.32 Å². The van der Waals surface area contributed by atoms with Gasteiger partial charge in [-0.25, -0.2) is 8.42 Å². The van der Waals surface area contributed by atoms with E-state index >= 15 is 0 Å². The van der Waals surface area contributed by atoms with E-state index in [9.17, 15) is 8.42 Å². The normalized spacial score (nSPS) is 34.9. The van der Waals surface area contributed by atoms with Crippen LogP contribution in [0, 0.1) is 0 Å². The van der Waals surface area contributed by atoms with Crippen LogP contribution in [0.2, 0.25) is 0 Å². The Balaban J connectivity index is 1.74. The van der Waals surface area contributed by atoms with Crippen molar-refractivity contribution in [2.45, 2.75) is 56.4 Å². The van der Waals surface area contributed by atoms with Crippen LogP contribution in [-0.2, 0) is 10.0 Å². The molecule has 0 amide bonds. The van der Waals surface area contributed by atoms with E-state index < -0.39 is 10.0 Å². The fourth-order valence-corrected chi connectivity index (χ4v) is 6.13. The van der Waals surface area contributed by atoms with Gasteiger partial charge in [0.25, 0.3) is 0 Å². The van der Waals surface area contributed by atoms with Gasteiger partial charge in [0.2, 0.25) is 10.0 Å². The van der Waals surface area contributed by atoms with Crippen LogP contribution in [0.1, 0.15) is 39.0 Å². The van der Waals surface area contributed by atoms with Gasteiger partial charge in [0.1, 0.15) is 0 Å². The first kappa shape index (κ1) is 14.8. The van der Waals surface area contributed by atoms with E-state index in [2.05, 4.69) is 17.1 Å². The molecule has 6 heteroatoms. The molecule has 0 aromatic carbocycles. The minimum absolute atomic E-state index is 0.129. The quantitative estimate of drug-likeness (QED) is 0.813. The van der Waals surface area contributed by atoms with E-state index in [0.29, 0.717) is 12.6 Å². The number of hydrogen-bond donors (Lipinski definition) is 1. The van der Waals surface area contributed by atoms with Gasteiger partial charge in [-0.1, -0.05) is 6.42 Å². The van der Waals surface area contributed by atoms with Crippen molar-refractivity contribution in [2.75, 3.05) is 32.7 Å². The second-order valence-electron chi connectivity index (χ2n) is 6.56. The van der Waals surface area contributed by atoms with E-state index in [1.165, 1.54) is 12.8 Å². The molecule has 2 unspecified atom stereocenters. The Morgan fingerprint density at radius 1 is 1.05 bits per heavy atom. The lowest BCUT2D eigenvalue weighted by Gasteiger charge is -2.47. The number of nitrogens with one attached hydrogen (secondary N) is 1.